The van der Waals surface area contributed by atoms with Crippen LogP contribution in [-0.4, -0.2) is 26.8 Å². The van der Waals surface area contributed by atoms with Crippen LogP contribution in [0.25, 0.3) is 0 Å². The van der Waals surface area contributed by atoms with Crippen molar-refractivity contribution < 1.29 is 19.0 Å². The van der Waals surface area contributed by atoms with Gasteiger partial charge in [0.2, 0.25) is 0 Å². The van der Waals surface area contributed by atoms with Crippen LogP contribution in [0.15, 0.2) is 48.5 Å². The van der Waals surface area contributed by atoms with Crippen molar-refractivity contribution >= 4 is 11.7 Å². The first kappa shape index (κ1) is 17.7. The highest BCUT2D eigenvalue weighted by Crippen LogP contribution is 2.26. The lowest BCUT2D eigenvalue weighted by molar-refractivity contribution is -0.143. The summed E-state index contributed by atoms with van der Waals surface area (Å²) < 4.78 is 15.4. The zero-order valence-corrected chi connectivity index (χ0v) is 14.2. The van der Waals surface area contributed by atoms with Crippen molar-refractivity contribution in [2.24, 2.45) is 0 Å². The van der Waals surface area contributed by atoms with Gasteiger partial charge >= 0.3 is 5.97 Å². The summed E-state index contributed by atoms with van der Waals surface area (Å²) in [5.41, 5.74) is 1.89. The predicted molar refractivity (Wildman–Crippen MR) is 93.6 cm³/mol. The monoisotopic (exact) mass is 329 g/mol. The van der Waals surface area contributed by atoms with Crippen LogP contribution in [0.1, 0.15) is 24.9 Å². The zero-order valence-electron chi connectivity index (χ0n) is 14.2. The molecule has 0 unspecified atom stereocenters. The molecule has 5 heteroatoms. The minimum absolute atomic E-state index is 0.191. The summed E-state index contributed by atoms with van der Waals surface area (Å²) in [6, 6.07) is 15.0. The van der Waals surface area contributed by atoms with Gasteiger partial charge in [-0.2, -0.15) is 0 Å². The lowest BCUT2D eigenvalue weighted by Gasteiger charge is -2.20. The van der Waals surface area contributed by atoms with E-state index in [2.05, 4.69) is 5.32 Å². The summed E-state index contributed by atoms with van der Waals surface area (Å²) in [6.45, 7) is 2.17. The molecule has 24 heavy (non-hydrogen) atoms. The highest BCUT2D eigenvalue weighted by molar-refractivity contribution is 5.71. The van der Waals surface area contributed by atoms with Gasteiger partial charge < -0.3 is 19.5 Å². The lowest BCUT2D eigenvalue weighted by Crippen LogP contribution is -2.17. The number of benzene rings is 2. The molecule has 0 bridgehead atoms. The summed E-state index contributed by atoms with van der Waals surface area (Å²) in [5.74, 6) is 1.32. The molecule has 0 amide bonds. The summed E-state index contributed by atoms with van der Waals surface area (Å²) in [6.07, 6.45) is 0.242. The topological polar surface area (TPSA) is 56.8 Å². The molecule has 0 saturated heterocycles. The normalized spacial score (nSPS) is 11.5. The van der Waals surface area contributed by atoms with Crippen LogP contribution in [0.5, 0.6) is 11.5 Å². The largest absolute Gasteiger partial charge is 0.497 e. The highest BCUT2D eigenvalue weighted by Gasteiger charge is 2.17. The van der Waals surface area contributed by atoms with Gasteiger partial charge in [-0.1, -0.05) is 12.1 Å². The lowest BCUT2D eigenvalue weighted by atomic mass is 10.0. The van der Waals surface area contributed by atoms with E-state index in [1.807, 2.05) is 48.5 Å². The van der Waals surface area contributed by atoms with E-state index in [1.54, 1.807) is 21.1 Å². The van der Waals surface area contributed by atoms with Crippen LogP contribution in [-0.2, 0) is 9.53 Å². The van der Waals surface area contributed by atoms with Gasteiger partial charge in [0.1, 0.15) is 11.5 Å². The van der Waals surface area contributed by atoms with Crippen LogP contribution in [0.4, 0.5) is 5.69 Å². The van der Waals surface area contributed by atoms with Crippen LogP contribution in [0.2, 0.25) is 0 Å². The summed E-state index contributed by atoms with van der Waals surface area (Å²) in [7, 11) is 3.25. The van der Waals surface area contributed by atoms with Crippen molar-refractivity contribution in [3.63, 3.8) is 0 Å². The average molecular weight is 329 g/mol. The summed E-state index contributed by atoms with van der Waals surface area (Å²) in [4.78, 5) is 11.9. The fourth-order valence-corrected chi connectivity index (χ4v) is 2.36. The molecule has 0 aliphatic carbocycles. The second kappa shape index (κ2) is 8.82. The maximum Gasteiger partial charge on any atom is 0.308 e. The van der Waals surface area contributed by atoms with Crippen molar-refractivity contribution in [1.29, 1.82) is 0 Å². The summed E-state index contributed by atoms with van der Waals surface area (Å²) in [5, 5.41) is 3.38. The van der Waals surface area contributed by atoms with Gasteiger partial charge in [0, 0.05) is 5.69 Å². The number of nitrogens with one attached hydrogen (secondary N) is 1. The minimum Gasteiger partial charge on any atom is -0.497 e. The van der Waals surface area contributed by atoms with Crippen LogP contribution >= 0.6 is 0 Å². The fraction of sp³-hybridized carbons (Fsp3) is 0.316. The number of carbonyl (C=O) groups is 1. The Morgan fingerprint density at radius 1 is 0.958 bits per heavy atom. The van der Waals surface area contributed by atoms with E-state index in [4.69, 9.17) is 14.2 Å². The molecule has 128 valence electrons. The fourth-order valence-electron chi connectivity index (χ4n) is 2.36. The number of methoxy groups -OCH3 is 2. The van der Waals surface area contributed by atoms with E-state index < -0.39 is 0 Å². The molecular weight excluding hydrogens is 306 g/mol. The molecule has 1 atom stereocenters. The second-order valence-electron chi connectivity index (χ2n) is 5.21. The van der Waals surface area contributed by atoms with Gasteiger partial charge in [0.05, 0.1) is 33.3 Å². The standard InChI is InChI=1S/C19H23NO4/c1-4-24-19(21)13-18(14-5-9-16(22-2)10-6-14)20-15-7-11-17(23-3)12-8-15/h5-12,18,20H,4,13H2,1-3H3/t18-/m0/s1. The van der Waals surface area contributed by atoms with E-state index in [0.29, 0.717) is 6.61 Å². The number of ether oxygens (including phenoxy) is 3. The van der Waals surface area contributed by atoms with Gasteiger partial charge in [-0.05, 0) is 48.9 Å². The third-order valence-corrected chi connectivity index (χ3v) is 3.63. The summed E-state index contributed by atoms with van der Waals surface area (Å²) >= 11 is 0. The average Bonchev–Trinajstić information content (AvgIpc) is 2.62. The Bertz CT molecular complexity index is 637. The van der Waals surface area contributed by atoms with Crippen molar-refractivity contribution in [3.05, 3.63) is 54.1 Å². The van der Waals surface area contributed by atoms with E-state index >= 15 is 0 Å². The van der Waals surface area contributed by atoms with Crippen molar-refractivity contribution in [1.82, 2.24) is 0 Å². The molecule has 0 spiro atoms. The molecule has 0 fully saturated rings. The van der Waals surface area contributed by atoms with Crippen LogP contribution in [0, 0.1) is 0 Å². The number of carbonyl (C=O) groups excluding carboxylic acids is 1. The SMILES string of the molecule is CCOC(=O)C[C@H](Nc1ccc(OC)cc1)c1ccc(OC)cc1. The number of hydrogen-bond acceptors (Lipinski definition) is 5. The second-order valence-corrected chi connectivity index (χ2v) is 5.21. The molecule has 1 N–H and O–H groups in total. The first-order valence-electron chi connectivity index (χ1n) is 7.86. The van der Waals surface area contributed by atoms with Gasteiger partial charge in [0.25, 0.3) is 0 Å². The Labute approximate surface area is 142 Å². The van der Waals surface area contributed by atoms with Gasteiger partial charge in [-0.25, -0.2) is 0 Å². The van der Waals surface area contributed by atoms with Crippen molar-refractivity contribution in [3.8, 4) is 11.5 Å². The van der Waals surface area contributed by atoms with E-state index in [1.165, 1.54) is 0 Å². The first-order valence-corrected chi connectivity index (χ1v) is 7.86. The Balaban J connectivity index is 2.18. The molecular formula is C19H23NO4. The van der Waals surface area contributed by atoms with Gasteiger partial charge in [0.15, 0.2) is 0 Å². The smallest absolute Gasteiger partial charge is 0.308 e. The Morgan fingerprint density at radius 3 is 2.00 bits per heavy atom. The molecule has 0 radical (unpaired) electrons. The molecule has 5 nitrogen and oxygen atoms in total. The van der Waals surface area contributed by atoms with Crippen molar-refractivity contribution in [2.45, 2.75) is 19.4 Å². The molecule has 0 saturated carbocycles. The van der Waals surface area contributed by atoms with E-state index in [9.17, 15) is 4.79 Å². The maximum atomic E-state index is 11.9. The number of rotatable bonds is 8. The third-order valence-electron chi connectivity index (χ3n) is 3.63. The predicted octanol–water partition coefficient (Wildman–Crippen LogP) is 3.81. The molecule has 2 rings (SSSR count). The van der Waals surface area contributed by atoms with Gasteiger partial charge in [-0.3, -0.25) is 4.79 Å². The number of anilines is 1. The van der Waals surface area contributed by atoms with Crippen LogP contribution in [0.3, 0.4) is 0 Å². The van der Waals surface area contributed by atoms with Crippen LogP contribution < -0.4 is 14.8 Å². The Morgan fingerprint density at radius 2 is 1.50 bits per heavy atom. The molecule has 2 aromatic carbocycles. The molecule has 0 aromatic heterocycles. The highest BCUT2D eigenvalue weighted by atomic mass is 16.5. The van der Waals surface area contributed by atoms with E-state index in [-0.39, 0.29) is 18.4 Å². The number of esters is 1. The Hall–Kier alpha value is -2.69. The van der Waals surface area contributed by atoms with Gasteiger partial charge in [-0.15, -0.1) is 0 Å². The molecule has 0 aliphatic rings. The molecule has 0 aliphatic heterocycles. The molecule has 0 heterocycles. The first-order chi connectivity index (χ1) is 11.7. The zero-order chi connectivity index (χ0) is 17.4. The molecule has 2 aromatic rings. The van der Waals surface area contributed by atoms with E-state index in [0.717, 1.165) is 22.7 Å². The van der Waals surface area contributed by atoms with Crippen molar-refractivity contribution in [2.75, 3.05) is 26.1 Å². The Kier molecular flexibility index (Phi) is 6.49. The maximum absolute atomic E-state index is 11.9. The number of hydrogen-bond donors (Lipinski definition) is 1. The minimum atomic E-state index is -0.237. The third kappa shape index (κ3) is 4.91. The quantitative estimate of drug-likeness (QED) is 0.746.